The number of fused-ring (bicyclic) bond motifs is 1. The summed E-state index contributed by atoms with van der Waals surface area (Å²) in [4.78, 5) is 4.68. The molecule has 2 aromatic rings. The zero-order chi connectivity index (χ0) is 20.2. The molecule has 0 aliphatic rings. The van der Waals surface area contributed by atoms with Crippen LogP contribution in [-0.4, -0.2) is 21.6 Å². The molecule has 0 saturated carbocycles. The summed E-state index contributed by atoms with van der Waals surface area (Å²) in [6, 6.07) is 8.67. The van der Waals surface area contributed by atoms with Crippen LogP contribution in [-0.2, 0) is 5.41 Å². The fraction of sp³-hybridized carbons (Fsp3) is 0.500. The van der Waals surface area contributed by atoms with Crippen molar-refractivity contribution < 1.29 is 0 Å². The molecule has 0 bridgehead atoms. The predicted molar refractivity (Wildman–Crippen MR) is 119 cm³/mol. The van der Waals surface area contributed by atoms with Gasteiger partial charge in [-0.25, -0.2) is 0 Å². The van der Waals surface area contributed by atoms with Crippen molar-refractivity contribution in [2.75, 3.05) is 0 Å². The number of rotatable bonds is 8. The van der Waals surface area contributed by atoms with Crippen LogP contribution in [0.5, 0.6) is 0 Å². The summed E-state index contributed by atoms with van der Waals surface area (Å²) in [5, 5.41) is 16.7. The highest BCUT2D eigenvalue weighted by atomic mass is 32.2. The van der Waals surface area contributed by atoms with E-state index in [9.17, 15) is 0 Å². The van der Waals surface area contributed by atoms with Gasteiger partial charge in [-0.1, -0.05) is 58.5 Å². The van der Waals surface area contributed by atoms with Gasteiger partial charge in [-0.2, -0.15) is 0 Å². The normalized spacial score (nSPS) is 15.3. The highest BCUT2D eigenvalue weighted by Gasteiger charge is 2.28. The van der Waals surface area contributed by atoms with Gasteiger partial charge in [0, 0.05) is 16.8 Å². The van der Waals surface area contributed by atoms with E-state index in [0.29, 0.717) is 5.92 Å². The zero-order valence-electron chi connectivity index (χ0n) is 17.0. The Bertz CT molecular complexity index is 815. The van der Waals surface area contributed by atoms with Crippen molar-refractivity contribution >= 4 is 34.0 Å². The molecule has 1 heterocycles. The van der Waals surface area contributed by atoms with Crippen LogP contribution in [0.3, 0.4) is 0 Å². The summed E-state index contributed by atoms with van der Waals surface area (Å²) in [7, 11) is 0. The number of thioether (sulfide) groups is 1. The van der Waals surface area contributed by atoms with Crippen molar-refractivity contribution in [3.63, 3.8) is 0 Å². The van der Waals surface area contributed by atoms with E-state index in [1.807, 2.05) is 12.3 Å². The van der Waals surface area contributed by atoms with Gasteiger partial charge in [0.2, 0.25) is 0 Å². The van der Waals surface area contributed by atoms with Crippen LogP contribution >= 0.6 is 11.8 Å². The quantitative estimate of drug-likeness (QED) is 0.403. The third-order valence-electron chi connectivity index (χ3n) is 5.16. The van der Waals surface area contributed by atoms with Gasteiger partial charge in [-0.3, -0.25) is 10.4 Å². The molecule has 0 saturated heterocycles. The van der Waals surface area contributed by atoms with Crippen LogP contribution in [0, 0.1) is 16.7 Å². The second kappa shape index (κ2) is 8.87. The summed E-state index contributed by atoms with van der Waals surface area (Å²) in [6.07, 6.45) is 5.27. The van der Waals surface area contributed by atoms with Gasteiger partial charge in [-0.15, -0.1) is 0 Å². The molecule has 27 heavy (non-hydrogen) atoms. The lowest BCUT2D eigenvalue weighted by molar-refractivity contribution is 0.482. The maximum atomic E-state index is 7.55. The molecule has 146 valence electrons. The van der Waals surface area contributed by atoms with Gasteiger partial charge < -0.3 is 11.1 Å². The van der Waals surface area contributed by atoms with E-state index in [1.54, 1.807) is 0 Å². The molecule has 0 amide bonds. The van der Waals surface area contributed by atoms with E-state index in [1.165, 1.54) is 34.5 Å². The number of nitrogens with two attached hydrogens (primary N) is 1. The number of aromatic nitrogens is 1. The monoisotopic (exact) mass is 384 g/mol. The number of nitrogens with zero attached hydrogens (tertiary/aromatic N) is 1. The Labute approximate surface area is 167 Å². The number of nitrogens with one attached hydrogen (secondary N) is 2. The summed E-state index contributed by atoms with van der Waals surface area (Å²) in [5.74, 6) is 0.651. The molecule has 1 aromatic carbocycles. The van der Waals surface area contributed by atoms with Gasteiger partial charge in [-0.05, 0) is 59.6 Å². The minimum absolute atomic E-state index is 0.0859. The number of benzene rings is 1. The Morgan fingerprint density at radius 2 is 2.00 bits per heavy atom. The fourth-order valence-corrected chi connectivity index (χ4v) is 4.80. The molecule has 5 heteroatoms. The van der Waals surface area contributed by atoms with E-state index in [4.69, 9.17) is 16.6 Å². The minimum Gasteiger partial charge on any atom is -0.379 e. The van der Waals surface area contributed by atoms with Crippen LogP contribution in [0.15, 0.2) is 30.5 Å². The largest absolute Gasteiger partial charge is 0.379 e. The van der Waals surface area contributed by atoms with Crippen LogP contribution in [0.2, 0.25) is 0 Å². The van der Waals surface area contributed by atoms with Crippen LogP contribution in [0.25, 0.3) is 10.9 Å². The van der Waals surface area contributed by atoms with Gasteiger partial charge in [0.15, 0.2) is 5.17 Å². The van der Waals surface area contributed by atoms with Crippen molar-refractivity contribution in [1.82, 2.24) is 4.98 Å². The maximum absolute atomic E-state index is 7.55. The lowest BCUT2D eigenvalue weighted by Gasteiger charge is -2.30. The van der Waals surface area contributed by atoms with E-state index in [0.717, 1.165) is 18.4 Å². The molecular formula is C22H32N4S. The van der Waals surface area contributed by atoms with Crippen molar-refractivity contribution in [3.8, 4) is 0 Å². The molecule has 0 aliphatic heterocycles. The van der Waals surface area contributed by atoms with Gasteiger partial charge in [0.25, 0.3) is 0 Å². The number of hydrogen-bond acceptors (Lipinski definition) is 4. The van der Waals surface area contributed by atoms with E-state index < -0.39 is 0 Å². The second-order valence-corrected chi connectivity index (χ2v) is 9.79. The Morgan fingerprint density at radius 1 is 1.30 bits per heavy atom. The Kier molecular flexibility index (Phi) is 7.04. The first-order valence-electron chi connectivity index (χ1n) is 9.54. The van der Waals surface area contributed by atoms with Crippen molar-refractivity contribution in [2.24, 2.45) is 11.7 Å². The molecule has 0 fully saturated rings. The summed E-state index contributed by atoms with van der Waals surface area (Å²) in [5.41, 5.74) is 9.10. The number of hydrogen-bond donors (Lipinski definition) is 3. The van der Waals surface area contributed by atoms with Crippen molar-refractivity contribution in [1.29, 1.82) is 10.8 Å². The molecule has 4 nitrogen and oxygen atoms in total. The molecular weight excluding hydrogens is 352 g/mol. The van der Waals surface area contributed by atoms with Gasteiger partial charge in [0.1, 0.15) is 0 Å². The van der Waals surface area contributed by atoms with E-state index >= 15 is 0 Å². The van der Waals surface area contributed by atoms with Crippen molar-refractivity contribution in [3.05, 3.63) is 41.6 Å². The number of pyridine rings is 1. The zero-order valence-corrected chi connectivity index (χ0v) is 17.9. The fourth-order valence-electron chi connectivity index (χ4n) is 3.86. The smallest absolute Gasteiger partial charge is 0.151 e. The number of amidine groups is 1. The average Bonchev–Trinajstić information content (AvgIpc) is 2.59. The van der Waals surface area contributed by atoms with Crippen LogP contribution in [0.1, 0.15) is 64.5 Å². The van der Waals surface area contributed by atoms with Gasteiger partial charge in [0.05, 0.1) is 5.52 Å². The molecule has 3 unspecified atom stereocenters. The van der Waals surface area contributed by atoms with Crippen LogP contribution in [0.4, 0.5) is 0 Å². The Morgan fingerprint density at radius 3 is 2.63 bits per heavy atom. The second-order valence-electron chi connectivity index (χ2n) is 8.31. The standard InChI is InChI=1S/C22H32N4S/c1-14(13-23)9-15(2)18-10-17-7-6-8-26-20(17)19(11-18)22(4,5)12-16(3)27-21(24)25/h6-8,10-11,13-16,23H,9,12H2,1-5H3,(H3,24,25). The molecule has 4 N–H and O–H groups in total. The molecule has 0 radical (unpaired) electrons. The molecule has 0 aliphatic carbocycles. The third-order valence-corrected chi connectivity index (χ3v) is 5.98. The molecule has 2 rings (SSSR count). The lowest BCUT2D eigenvalue weighted by atomic mass is 9.77. The van der Waals surface area contributed by atoms with E-state index in [-0.39, 0.29) is 21.8 Å². The topological polar surface area (TPSA) is 86.6 Å². The molecule has 3 atom stereocenters. The minimum atomic E-state index is -0.0859. The Balaban J connectivity index is 2.47. The average molecular weight is 385 g/mol. The summed E-state index contributed by atoms with van der Waals surface area (Å²) in [6.45, 7) is 11.0. The third kappa shape index (κ3) is 5.55. The maximum Gasteiger partial charge on any atom is 0.151 e. The van der Waals surface area contributed by atoms with Gasteiger partial charge >= 0.3 is 0 Å². The highest BCUT2D eigenvalue weighted by molar-refractivity contribution is 8.14. The summed E-state index contributed by atoms with van der Waals surface area (Å²) >= 11 is 1.42. The first-order valence-corrected chi connectivity index (χ1v) is 10.4. The SMILES string of the molecule is CC(C=N)CC(C)c1cc(C(C)(C)CC(C)SC(=N)N)c2ncccc2c1. The Hall–Kier alpha value is -1.88. The molecule has 0 spiro atoms. The van der Waals surface area contributed by atoms with Crippen LogP contribution < -0.4 is 5.73 Å². The lowest BCUT2D eigenvalue weighted by Crippen LogP contribution is -2.24. The first-order chi connectivity index (χ1) is 12.6. The predicted octanol–water partition coefficient (Wildman–Crippen LogP) is 5.70. The summed E-state index contributed by atoms with van der Waals surface area (Å²) < 4.78 is 0. The van der Waals surface area contributed by atoms with E-state index in [2.05, 4.69) is 57.8 Å². The molecule has 1 aromatic heterocycles. The first kappa shape index (κ1) is 21.4. The highest BCUT2D eigenvalue weighted by Crippen LogP contribution is 2.38. The van der Waals surface area contributed by atoms with Crippen molar-refractivity contribution in [2.45, 2.75) is 64.0 Å².